The van der Waals surface area contributed by atoms with Gasteiger partial charge < -0.3 is 15.0 Å². The van der Waals surface area contributed by atoms with E-state index in [0.29, 0.717) is 16.9 Å². The van der Waals surface area contributed by atoms with Crippen LogP contribution in [-0.4, -0.2) is 41.9 Å². The first-order valence-electron chi connectivity index (χ1n) is 8.89. The van der Waals surface area contributed by atoms with Crippen molar-refractivity contribution < 1.29 is 23.5 Å². The van der Waals surface area contributed by atoms with Crippen molar-refractivity contribution in [3.05, 3.63) is 63.9 Å². The van der Waals surface area contributed by atoms with Gasteiger partial charge in [-0.3, -0.25) is 14.9 Å². The van der Waals surface area contributed by atoms with E-state index in [9.17, 15) is 18.8 Å². The lowest BCUT2D eigenvalue weighted by Crippen LogP contribution is -2.54. The van der Waals surface area contributed by atoms with Crippen molar-refractivity contribution in [2.45, 2.75) is 12.1 Å². The molecule has 0 aromatic heterocycles. The molecule has 9 heteroatoms. The first-order valence-corrected chi connectivity index (χ1v) is 9.27. The van der Waals surface area contributed by atoms with Gasteiger partial charge in [0.2, 0.25) is 5.54 Å². The third-order valence-corrected chi connectivity index (χ3v) is 5.19. The standard InChI is InChI=1S/C21H15ClFN3O4/c1-30-14-4-3-13-10-26(18(27)15(13)9-14)11-21(19(28)24-20(29)25-21)7-6-12-2-5-17(23)16(22)8-12/h2-5,8-9H,10-11H2,1H3,(H2,24,25,28,29)/t21-/m1/s1. The molecule has 0 saturated carbocycles. The molecule has 152 valence electrons. The van der Waals surface area contributed by atoms with Crippen LogP contribution in [0.25, 0.3) is 0 Å². The summed E-state index contributed by atoms with van der Waals surface area (Å²) in [5, 5.41) is 4.55. The summed E-state index contributed by atoms with van der Waals surface area (Å²) < 4.78 is 18.5. The molecule has 2 aliphatic rings. The normalized spacial score (nSPS) is 19.7. The molecule has 2 heterocycles. The number of ether oxygens (including phenoxy) is 1. The molecule has 0 bridgehead atoms. The van der Waals surface area contributed by atoms with Crippen LogP contribution >= 0.6 is 11.6 Å². The first kappa shape index (κ1) is 19.7. The predicted molar refractivity (Wildman–Crippen MR) is 105 cm³/mol. The largest absolute Gasteiger partial charge is 0.497 e. The van der Waals surface area contributed by atoms with E-state index in [-0.39, 0.29) is 24.0 Å². The minimum Gasteiger partial charge on any atom is -0.497 e. The maximum atomic E-state index is 13.4. The molecule has 7 nitrogen and oxygen atoms in total. The third kappa shape index (κ3) is 3.44. The van der Waals surface area contributed by atoms with E-state index in [4.69, 9.17) is 16.3 Å². The zero-order valence-electron chi connectivity index (χ0n) is 15.7. The SMILES string of the molecule is COc1ccc2c(c1)C(=O)N(C[C@@]1(C#Cc3ccc(F)c(Cl)c3)NC(=O)NC1=O)C2. The number of benzene rings is 2. The van der Waals surface area contributed by atoms with Gasteiger partial charge in [-0.15, -0.1) is 0 Å². The van der Waals surface area contributed by atoms with E-state index in [1.54, 1.807) is 18.2 Å². The van der Waals surface area contributed by atoms with Crippen LogP contribution < -0.4 is 15.4 Å². The van der Waals surface area contributed by atoms with Crippen LogP contribution in [0.2, 0.25) is 5.02 Å². The van der Waals surface area contributed by atoms with Crippen LogP contribution in [-0.2, 0) is 11.3 Å². The van der Waals surface area contributed by atoms with E-state index < -0.39 is 23.3 Å². The van der Waals surface area contributed by atoms with E-state index in [2.05, 4.69) is 22.5 Å². The van der Waals surface area contributed by atoms with Gasteiger partial charge in [-0.1, -0.05) is 29.5 Å². The minimum atomic E-state index is -1.65. The molecule has 2 aliphatic heterocycles. The molecule has 2 aromatic carbocycles. The summed E-state index contributed by atoms with van der Waals surface area (Å²) in [7, 11) is 1.50. The second kappa shape index (κ2) is 7.35. The molecule has 2 aromatic rings. The summed E-state index contributed by atoms with van der Waals surface area (Å²) in [6.07, 6.45) is 0. The van der Waals surface area contributed by atoms with Crippen molar-refractivity contribution in [3.63, 3.8) is 0 Å². The molecule has 4 rings (SSSR count). The Morgan fingerprint density at radius 1 is 1.23 bits per heavy atom. The number of carbonyl (C=O) groups is 3. The molecule has 0 radical (unpaired) electrons. The van der Waals surface area contributed by atoms with Gasteiger partial charge in [-0.05, 0) is 35.9 Å². The van der Waals surface area contributed by atoms with Crippen LogP contribution in [0.4, 0.5) is 9.18 Å². The highest BCUT2D eigenvalue weighted by atomic mass is 35.5. The molecule has 1 fully saturated rings. The molecule has 1 atom stereocenters. The number of halogens is 2. The Bertz CT molecular complexity index is 1160. The summed E-state index contributed by atoms with van der Waals surface area (Å²) in [6, 6.07) is 8.31. The van der Waals surface area contributed by atoms with Crippen molar-refractivity contribution in [1.82, 2.24) is 15.5 Å². The average molecular weight is 428 g/mol. The molecule has 0 aliphatic carbocycles. The Hall–Kier alpha value is -3.57. The maximum Gasteiger partial charge on any atom is 0.323 e. The summed E-state index contributed by atoms with van der Waals surface area (Å²) >= 11 is 5.77. The maximum absolute atomic E-state index is 13.4. The van der Waals surface area contributed by atoms with Crippen molar-refractivity contribution in [2.75, 3.05) is 13.7 Å². The summed E-state index contributed by atoms with van der Waals surface area (Å²) in [5.41, 5.74) is -0.0540. The van der Waals surface area contributed by atoms with Gasteiger partial charge in [0.25, 0.3) is 11.8 Å². The fourth-order valence-electron chi connectivity index (χ4n) is 3.36. The van der Waals surface area contributed by atoms with E-state index >= 15 is 0 Å². The highest BCUT2D eigenvalue weighted by Gasteiger charge is 2.48. The van der Waals surface area contributed by atoms with Gasteiger partial charge in [0.1, 0.15) is 11.6 Å². The Morgan fingerprint density at radius 2 is 2.03 bits per heavy atom. The van der Waals surface area contributed by atoms with Gasteiger partial charge in [-0.25, -0.2) is 9.18 Å². The molecule has 4 amide bonds. The topological polar surface area (TPSA) is 87.7 Å². The number of hydrogen-bond acceptors (Lipinski definition) is 4. The second-order valence-electron chi connectivity index (χ2n) is 6.88. The second-order valence-corrected chi connectivity index (χ2v) is 7.28. The Balaban J connectivity index is 1.65. The number of amides is 4. The highest BCUT2D eigenvalue weighted by Crippen LogP contribution is 2.28. The van der Waals surface area contributed by atoms with Crippen LogP contribution in [0.1, 0.15) is 21.5 Å². The van der Waals surface area contributed by atoms with E-state index in [1.165, 1.54) is 24.1 Å². The summed E-state index contributed by atoms with van der Waals surface area (Å²) in [6.45, 7) is 0.0927. The number of urea groups is 1. The fourth-order valence-corrected chi connectivity index (χ4v) is 3.55. The Labute approximate surface area is 176 Å². The number of nitrogens with one attached hydrogen (secondary N) is 2. The quantitative estimate of drug-likeness (QED) is 0.580. The highest BCUT2D eigenvalue weighted by molar-refractivity contribution is 6.30. The van der Waals surface area contributed by atoms with Crippen LogP contribution in [0.15, 0.2) is 36.4 Å². The zero-order valence-corrected chi connectivity index (χ0v) is 16.5. The van der Waals surface area contributed by atoms with Crippen LogP contribution in [0, 0.1) is 17.7 Å². The molecule has 30 heavy (non-hydrogen) atoms. The van der Waals surface area contributed by atoms with Gasteiger partial charge in [0, 0.05) is 17.7 Å². The predicted octanol–water partition coefficient (Wildman–Crippen LogP) is 2.07. The Kier molecular flexibility index (Phi) is 4.84. The van der Waals surface area contributed by atoms with Crippen molar-refractivity contribution in [3.8, 4) is 17.6 Å². The summed E-state index contributed by atoms with van der Waals surface area (Å²) in [5.74, 6) is 4.45. The molecule has 0 unspecified atom stereocenters. The fraction of sp³-hybridized carbons (Fsp3) is 0.190. The lowest BCUT2D eigenvalue weighted by Gasteiger charge is -2.26. The van der Waals surface area contributed by atoms with Gasteiger partial charge >= 0.3 is 6.03 Å². The molecule has 2 N–H and O–H groups in total. The smallest absolute Gasteiger partial charge is 0.323 e. The number of hydrogen-bond donors (Lipinski definition) is 2. The first-order chi connectivity index (χ1) is 14.3. The monoisotopic (exact) mass is 427 g/mol. The van der Waals surface area contributed by atoms with Gasteiger partial charge in [-0.2, -0.15) is 0 Å². The lowest BCUT2D eigenvalue weighted by molar-refractivity contribution is -0.122. The molecule has 1 saturated heterocycles. The number of fused-ring (bicyclic) bond motifs is 1. The number of nitrogens with zero attached hydrogens (tertiary/aromatic N) is 1. The molecular formula is C21H15ClFN3O4. The minimum absolute atomic E-state index is 0.116. The van der Waals surface area contributed by atoms with E-state index in [1.807, 2.05) is 0 Å². The number of rotatable bonds is 3. The van der Waals surface area contributed by atoms with Gasteiger partial charge in [0.05, 0.1) is 18.7 Å². The van der Waals surface area contributed by atoms with E-state index in [0.717, 1.165) is 11.6 Å². The number of imide groups is 1. The number of carbonyl (C=O) groups excluding carboxylic acids is 3. The molecular weight excluding hydrogens is 413 g/mol. The van der Waals surface area contributed by atoms with Crippen molar-refractivity contribution in [2.24, 2.45) is 0 Å². The number of methoxy groups -OCH3 is 1. The average Bonchev–Trinajstić information content (AvgIpc) is 3.18. The Morgan fingerprint density at radius 3 is 2.70 bits per heavy atom. The third-order valence-electron chi connectivity index (χ3n) is 4.91. The van der Waals surface area contributed by atoms with Crippen LogP contribution in [0.5, 0.6) is 5.75 Å². The van der Waals surface area contributed by atoms with Crippen molar-refractivity contribution in [1.29, 1.82) is 0 Å². The van der Waals surface area contributed by atoms with Gasteiger partial charge in [0.15, 0.2) is 0 Å². The van der Waals surface area contributed by atoms with Crippen LogP contribution in [0.3, 0.4) is 0 Å². The molecule has 0 spiro atoms. The van der Waals surface area contributed by atoms with Crippen molar-refractivity contribution >= 4 is 29.4 Å². The zero-order chi connectivity index (χ0) is 21.5. The summed E-state index contributed by atoms with van der Waals surface area (Å²) in [4.78, 5) is 38.7. The lowest BCUT2D eigenvalue weighted by atomic mass is 9.99.